The maximum atomic E-state index is 12.0. The van der Waals surface area contributed by atoms with E-state index in [4.69, 9.17) is 0 Å². The van der Waals surface area contributed by atoms with E-state index < -0.39 is 11.6 Å². The first-order valence-corrected chi connectivity index (χ1v) is 6.78. The van der Waals surface area contributed by atoms with E-state index in [1.54, 1.807) is 6.92 Å². The van der Waals surface area contributed by atoms with Gasteiger partial charge in [-0.05, 0) is 26.2 Å². The highest BCUT2D eigenvalue weighted by Gasteiger charge is 2.30. The summed E-state index contributed by atoms with van der Waals surface area (Å²) in [7, 11) is 0. The molecule has 5 nitrogen and oxygen atoms in total. The molecule has 0 radical (unpaired) electrons. The van der Waals surface area contributed by atoms with Gasteiger partial charge >= 0.3 is 0 Å². The van der Waals surface area contributed by atoms with E-state index in [0.717, 1.165) is 12.8 Å². The van der Waals surface area contributed by atoms with Crippen LogP contribution < -0.4 is 10.6 Å². The zero-order chi connectivity index (χ0) is 14.2. The van der Waals surface area contributed by atoms with Crippen molar-refractivity contribution in [3.8, 4) is 0 Å². The summed E-state index contributed by atoms with van der Waals surface area (Å²) < 4.78 is 0. The minimum absolute atomic E-state index is 0.0941. The van der Waals surface area contributed by atoms with E-state index in [0.29, 0.717) is 6.42 Å². The summed E-state index contributed by atoms with van der Waals surface area (Å²) >= 11 is 0. The summed E-state index contributed by atoms with van der Waals surface area (Å²) in [5.41, 5.74) is -0.787. The molecule has 0 heterocycles. The van der Waals surface area contributed by atoms with Gasteiger partial charge < -0.3 is 15.5 Å². The van der Waals surface area contributed by atoms with Crippen LogP contribution in [0.2, 0.25) is 0 Å². The average Bonchev–Trinajstić information content (AvgIpc) is 2.41. The van der Waals surface area contributed by atoms with Crippen molar-refractivity contribution < 1.29 is 15.0 Å². The fourth-order valence-corrected chi connectivity index (χ4v) is 1.81. The average molecular weight is 260 g/mol. The number of nitrogens with one attached hydrogen (secondary N) is 2. The van der Waals surface area contributed by atoms with E-state index in [2.05, 4.69) is 10.6 Å². The molecule has 5 heteroatoms. The lowest BCUT2D eigenvalue weighted by Gasteiger charge is -2.33. The zero-order valence-corrected chi connectivity index (χ0v) is 12.0. The second-order valence-electron chi connectivity index (χ2n) is 4.84. The summed E-state index contributed by atoms with van der Waals surface area (Å²) in [6, 6.07) is -0.258. The normalized spacial score (nSPS) is 13.7. The van der Waals surface area contributed by atoms with Crippen LogP contribution in [0.15, 0.2) is 0 Å². The fraction of sp³-hybridized carbons (Fsp3) is 0.923. The molecule has 0 aliphatic rings. The molecular formula is C13H28N2O3. The lowest BCUT2D eigenvalue weighted by Crippen LogP contribution is -2.59. The maximum absolute atomic E-state index is 12.0. The minimum atomic E-state index is -0.787. The number of rotatable bonds is 9. The Kier molecular flexibility index (Phi) is 8.15. The first-order chi connectivity index (χ1) is 8.48. The molecule has 0 bridgehead atoms. The topological polar surface area (TPSA) is 81.6 Å². The molecule has 4 N–H and O–H groups in total. The minimum Gasteiger partial charge on any atom is -0.394 e. The Morgan fingerprint density at radius 3 is 2.00 bits per heavy atom. The van der Waals surface area contributed by atoms with Crippen LogP contribution in [0.5, 0.6) is 0 Å². The van der Waals surface area contributed by atoms with Crippen LogP contribution in [-0.4, -0.2) is 47.0 Å². The van der Waals surface area contributed by atoms with Crippen molar-refractivity contribution in [3.63, 3.8) is 0 Å². The Labute approximate surface area is 110 Å². The standard InChI is InChI=1S/C13H28N2O3/c1-5-11(6-2)14-12(18)10(4)15-13(7-3,8-16)9-17/h10-11,15-17H,5-9H2,1-4H3,(H,14,18). The maximum Gasteiger partial charge on any atom is 0.237 e. The van der Waals surface area contributed by atoms with E-state index in [9.17, 15) is 15.0 Å². The Balaban J connectivity index is 4.46. The molecule has 18 heavy (non-hydrogen) atoms. The molecule has 0 aliphatic heterocycles. The summed E-state index contributed by atoms with van der Waals surface area (Å²) in [5.74, 6) is -0.0941. The van der Waals surface area contributed by atoms with Crippen LogP contribution in [0.3, 0.4) is 0 Å². The number of carbonyl (C=O) groups is 1. The highest BCUT2D eigenvalue weighted by atomic mass is 16.3. The molecule has 0 aromatic heterocycles. The van der Waals surface area contributed by atoms with Crippen LogP contribution >= 0.6 is 0 Å². The molecule has 0 fully saturated rings. The molecule has 1 amide bonds. The number of aliphatic hydroxyl groups is 2. The number of hydrogen-bond donors (Lipinski definition) is 4. The molecule has 0 aromatic rings. The van der Waals surface area contributed by atoms with Gasteiger partial charge in [-0.2, -0.15) is 0 Å². The summed E-state index contributed by atoms with van der Waals surface area (Å²) in [5, 5.41) is 24.6. The van der Waals surface area contributed by atoms with Gasteiger partial charge in [-0.25, -0.2) is 0 Å². The van der Waals surface area contributed by atoms with Gasteiger partial charge in [0.2, 0.25) is 5.91 Å². The SMILES string of the molecule is CCC(CC)NC(=O)C(C)NC(CC)(CO)CO. The molecule has 0 aromatic carbocycles. The Bertz CT molecular complexity index is 230. The Hall–Kier alpha value is -0.650. The van der Waals surface area contributed by atoms with Gasteiger partial charge in [-0.1, -0.05) is 20.8 Å². The van der Waals surface area contributed by atoms with Crippen LogP contribution in [-0.2, 0) is 4.79 Å². The molecule has 1 unspecified atom stereocenters. The largest absolute Gasteiger partial charge is 0.394 e. The van der Waals surface area contributed by atoms with Crippen molar-refractivity contribution in [2.45, 2.75) is 64.6 Å². The van der Waals surface area contributed by atoms with Crippen LogP contribution in [0.25, 0.3) is 0 Å². The van der Waals surface area contributed by atoms with Crippen LogP contribution in [0, 0.1) is 0 Å². The van der Waals surface area contributed by atoms with Gasteiger partial charge in [0, 0.05) is 6.04 Å². The summed E-state index contributed by atoms with van der Waals surface area (Å²) in [4.78, 5) is 12.0. The predicted molar refractivity (Wildman–Crippen MR) is 72.3 cm³/mol. The smallest absolute Gasteiger partial charge is 0.237 e. The molecule has 0 rings (SSSR count). The van der Waals surface area contributed by atoms with E-state index in [1.807, 2.05) is 20.8 Å². The van der Waals surface area contributed by atoms with Crippen molar-refractivity contribution in [2.24, 2.45) is 0 Å². The summed E-state index contributed by atoms with van der Waals surface area (Å²) in [6.45, 7) is 7.29. The molecule has 0 aliphatic carbocycles. The molecule has 1 atom stereocenters. The zero-order valence-electron chi connectivity index (χ0n) is 12.0. The van der Waals surface area contributed by atoms with Crippen molar-refractivity contribution in [1.29, 1.82) is 0 Å². The molecule has 0 saturated heterocycles. The van der Waals surface area contributed by atoms with Crippen molar-refractivity contribution in [1.82, 2.24) is 10.6 Å². The van der Waals surface area contributed by atoms with Gasteiger partial charge in [0.1, 0.15) is 0 Å². The van der Waals surface area contributed by atoms with Gasteiger partial charge in [-0.15, -0.1) is 0 Å². The van der Waals surface area contributed by atoms with Gasteiger partial charge in [0.05, 0.1) is 24.8 Å². The van der Waals surface area contributed by atoms with Crippen molar-refractivity contribution in [3.05, 3.63) is 0 Å². The fourth-order valence-electron chi connectivity index (χ4n) is 1.81. The highest BCUT2D eigenvalue weighted by molar-refractivity contribution is 5.81. The quantitative estimate of drug-likeness (QED) is 0.484. The lowest BCUT2D eigenvalue weighted by molar-refractivity contribution is -0.124. The molecule has 108 valence electrons. The molecular weight excluding hydrogens is 232 g/mol. The predicted octanol–water partition coefficient (Wildman–Crippen LogP) is 0.403. The Morgan fingerprint density at radius 2 is 1.67 bits per heavy atom. The third kappa shape index (κ3) is 4.92. The second-order valence-corrected chi connectivity index (χ2v) is 4.84. The van der Waals surface area contributed by atoms with Crippen LogP contribution in [0.4, 0.5) is 0 Å². The first-order valence-electron chi connectivity index (χ1n) is 6.78. The third-order valence-electron chi connectivity index (χ3n) is 3.53. The second kappa shape index (κ2) is 8.45. The van der Waals surface area contributed by atoms with E-state index in [-0.39, 0.29) is 25.2 Å². The van der Waals surface area contributed by atoms with E-state index in [1.165, 1.54) is 0 Å². The number of hydrogen-bond acceptors (Lipinski definition) is 4. The van der Waals surface area contributed by atoms with Crippen molar-refractivity contribution in [2.75, 3.05) is 13.2 Å². The Morgan fingerprint density at radius 1 is 1.17 bits per heavy atom. The van der Waals surface area contributed by atoms with Gasteiger partial charge in [-0.3, -0.25) is 10.1 Å². The lowest BCUT2D eigenvalue weighted by atomic mass is 9.97. The van der Waals surface area contributed by atoms with Crippen LogP contribution in [0.1, 0.15) is 47.0 Å². The molecule has 0 saturated carbocycles. The van der Waals surface area contributed by atoms with Gasteiger partial charge in [0.25, 0.3) is 0 Å². The number of aliphatic hydroxyl groups excluding tert-OH is 2. The summed E-state index contributed by atoms with van der Waals surface area (Å²) in [6.07, 6.45) is 2.35. The number of carbonyl (C=O) groups excluding carboxylic acids is 1. The van der Waals surface area contributed by atoms with Crippen molar-refractivity contribution >= 4 is 5.91 Å². The molecule has 0 spiro atoms. The third-order valence-corrected chi connectivity index (χ3v) is 3.53. The van der Waals surface area contributed by atoms with E-state index >= 15 is 0 Å². The van der Waals surface area contributed by atoms with Gasteiger partial charge in [0.15, 0.2) is 0 Å². The monoisotopic (exact) mass is 260 g/mol. The highest BCUT2D eigenvalue weighted by Crippen LogP contribution is 2.10. The number of amides is 1. The first kappa shape index (κ1) is 17.4.